The monoisotopic (exact) mass is 268 g/mol. The third-order valence-electron chi connectivity index (χ3n) is 3.18. The lowest BCUT2D eigenvalue weighted by atomic mass is 10.2. The first-order chi connectivity index (χ1) is 9.17. The van der Waals surface area contributed by atoms with Gasteiger partial charge in [0.1, 0.15) is 0 Å². The van der Waals surface area contributed by atoms with Gasteiger partial charge in [-0.1, -0.05) is 6.92 Å². The molecule has 0 unspecified atom stereocenters. The summed E-state index contributed by atoms with van der Waals surface area (Å²) in [6.07, 6.45) is 2.99. The fourth-order valence-corrected chi connectivity index (χ4v) is 2.12. The highest BCUT2D eigenvalue weighted by Gasteiger charge is 2.30. The van der Waals surface area contributed by atoms with Crippen molar-refractivity contribution in [2.24, 2.45) is 0 Å². The topological polar surface area (TPSA) is 58.7 Å². The van der Waals surface area contributed by atoms with Crippen molar-refractivity contribution in [2.75, 3.05) is 30.4 Å². The lowest BCUT2D eigenvalue weighted by Gasteiger charge is -2.26. The zero-order valence-electron chi connectivity index (χ0n) is 11.2. The van der Waals surface area contributed by atoms with Crippen molar-refractivity contribution in [3.8, 4) is 5.75 Å². The van der Waals surface area contributed by atoms with Crippen molar-refractivity contribution in [1.82, 2.24) is 0 Å². The van der Waals surface area contributed by atoms with Crippen LogP contribution >= 0.6 is 0 Å². The van der Waals surface area contributed by atoms with Gasteiger partial charge in [0.15, 0.2) is 11.6 Å². The van der Waals surface area contributed by atoms with Crippen LogP contribution in [0.1, 0.15) is 26.2 Å². The summed E-state index contributed by atoms with van der Waals surface area (Å²) in [4.78, 5) is 2.04. The Kier molecular flexibility index (Phi) is 4.47. The summed E-state index contributed by atoms with van der Waals surface area (Å²) in [5, 5.41) is 9.14. The molecule has 0 aliphatic heterocycles. The molecule has 0 radical (unpaired) electrons. The molecule has 106 valence electrons. The zero-order valence-corrected chi connectivity index (χ0v) is 11.2. The van der Waals surface area contributed by atoms with E-state index in [1.165, 1.54) is 6.07 Å². The second-order valence-electron chi connectivity index (χ2n) is 4.84. The molecule has 0 spiro atoms. The maximum absolute atomic E-state index is 13.7. The number of aliphatic hydroxyl groups excluding tert-OH is 1. The Balaban J connectivity index is 2.26. The number of rotatable bonds is 7. The van der Waals surface area contributed by atoms with Crippen LogP contribution in [-0.4, -0.2) is 30.9 Å². The van der Waals surface area contributed by atoms with Crippen molar-refractivity contribution < 1.29 is 14.2 Å². The minimum atomic E-state index is -0.436. The highest BCUT2D eigenvalue weighted by atomic mass is 19.1. The maximum atomic E-state index is 13.7. The van der Waals surface area contributed by atoms with Crippen LogP contribution in [0.5, 0.6) is 5.75 Å². The zero-order chi connectivity index (χ0) is 13.8. The number of halogens is 1. The molecule has 1 aromatic rings. The molecule has 0 amide bonds. The van der Waals surface area contributed by atoms with E-state index in [1.807, 2.05) is 11.8 Å². The van der Waals surface area contributed by atoms with E-state index in [2.05, 4.69) is 0 Å². The number of nitrogens with zero attached hydrogens (tertiary/aromatic N) is 1. The third kappa shape index (κ3) is 3.29. The minimum Gasteiger partial charge on any atom is -0.490 e. The molecule has 0 atom stereocenters. The quantitative estimate of drug-likeness (QED) is 0.744. The standard InChI is InChI=1S/C14H21FN2O2/c1-2-7-19-14-9-13(12(16)8-11(14)15)17(5-6-18)10-3-4-10/h8-10,18H,2-7,16H2,1H3. The number of anilines is 2. The average molecular weight is 268 g/mol. The molecule has 1 aliphatic rings. The molecule has 1 aromatic carbocycles. The van der Waals surface area contributed by atoms with Gasteiger partial charge in [0.2, 0.25) is 0 Å². The fraction of sp³-hybridized carbons (Fsp3) is 0.571. The highest BCUT2D eigenvalue weighted by Crippen LogP contribution is 2.37. The van der Waals surface area contributed by atoms with E-state index < -0.39 is 5.82 Å². The number of nitrogen functional groups attached to an aromatic ring is 1. The third-order valence-corrected chi connectivity index (χ3v) is 3.18. The van der Waals surface area contributed by atoms with E-state index in [-0.39, 0.29) is 12.4 Å². The van der Waals surface area contributed by atoms with Crippen LogP contribution in [0.4, 0.5) is 15.8 Å². The Morgan fingerprint density at radius 1 is 1.47 bits per heavy atom. The highest BCUT2D eigenvalue weighted by molar-refractivity contribution is 5.71. The first-order valence-electron chi connectivity index (χ1n) is 6.76. The summed E-state index contributed by atoms with van der Waals surface area (Å²) in [6.45, 7) is 3.01. The molecule has 5 heteroatoms. The molecule has 1 saturated carbocycles. The van der Waals surface area contributed by atoms with E-state index in [4.69, 9.17) is 15.6 Å². The fourth-order valence-electron chi connectivity index (χ4n) is 2.12. The van der Waals surface area contributed by atoms with Crippen LogP contribution in [-0.2, 0) is 0 Å². The Bertz CT molecular complexity index is 436. The summed E-state index contributed by atoms with van der Waals surface area (Å²) in [7, 11) is 0. The van der Waals surface area contributed by atoms with Gasteiger partial charge in [-0.15, -0.1) is 0 Å². The number of ether oxygens (including phenoxy) is 1. The summed E-state index contributed by atoms with van der Waals surface area (Å²) >= 11 is 0. The summed E-state index contributed by atoms with van der Waals surface area (Å²) < 4.78 is 19.1. The molecule has 3 N–H and O–H groups in total. The number of hydrogen-bond acceptors (Lipinski definition) is 4. The largest absolute Gasteiger partial charge is 0.490 e. The molecule has 1 aliphatic carbocycles. The smallest absolute Gasteiger partial charge is 0.167 e. The normalized spacial score (nSPS) is 14.5. The molecule has 0 aromatic heterocycles. The van der Waals surface area contributed by atoms with Gasteiger partial charge in [0.25, 0.3) is 0 Å². The van der Waals surface area contributed by atoms with Gasteiger partial charge in [0, 0.05) is 24.7 Å². The van der Waals surface area contributed by atoms with E-state index in [9.17, 15) is 4.39 Å². The van der Waals surface area contributed by atoms with Crippen molar-refractivity contribution in [2.45, 2.75) is 32.2 Å². The van der Waals surface area contributed by atoms with Crippen LogP contribution < -0.4 is 15.4 Å². The van der Waals surface area contributed by atoms with Gasteiger partial charge in [-0.05, 0) is 19.3 Å². The number of benzene rings is 1. The van der Waals surface area contributed by atoms with Gasteiger partial charge in [0.05, 0.1) is 24.6 Å². The Morgan fingerprint density at radius 2 is 2.21 bits per heavy atom. The molecule has 0 bridgehead atoms. The van der Waals surface area contributed by atoms with Gasteiger partial charge in [-0.2, -0.15) is 0 Å². The SMILES string of the molecule is CCCOc1cc(N(CCO)C2CC2)c(N)cc1F. The number of nitrogens with two attached hydrogens (primary N) is 1. The summed E-state index contributed by atoms with van der Waals surface area (Å²) in [5.74, 6) is -0.205. The molecule has 4 nitrogen and oxygen atoms in total. The minimum absolute atomic E-state index is 0.0540. The molecule has 2 rings (SSSR count). The van der Waals surface area contributed by atoms with Crippen LogP contribution in [0.2, 0.25) is 0 Å². The van der Waals surface area contributed by atoms with Gasteiger partial charge in [-0.3, -0.25) is 0 Å². The van der Waals surface area contributed by atoms with Gasteiger partial charge < -0.3 is 20.5 Å². The molecule has 1 fully saturated rings. The maximum Gasteiger partial charge on any atom is 0.167 e. The molecule has 0 heterocycles. The van der Waals surface area contributed by atoms with Gasteiger partial charge >= 0.3 is 0 Å². The van der Waals surface area contributed by atoms with E-state index in [1.54, 1.807) is 6.07 Å². The van der Waals surface area contributed by atoms with Crippen LogP contribution in [0.15, 0.2) is 12.1 Å². The van der Waals surface area contributed by atoms with Crippen molar-refractivity contribution in [1.29, 1.82) is 0 Å². The van der Waals surface area contributed by atoms with Crippen LogP contribution in [0.3, 0.4) is 0 Å². The van der Waals surface area contributed by atoms with Crippen molar-refractivity contribution in [3.63, 3.8) is 0 Å². The number of hydrogen-bond donors (Lipinski definition) is 2. The first-order valence-corrected chi connectivity index (χ1v) is 6.76. The second-order valence-corrected chi connectivity index (χ2v) is 4.84. The van der Waals surface area contributed by atoms with Gasteiger partial charge in [-0.25, -0.2) is 4.39 Å². The van der Waals surface area contributed by atoms with E-state index in [0.29, 0.717) is 24.9 Å². The molecule has 19 heavy (non-hydrogen) atoms. The molecular formula is C14H21FN2O2. The predicted octanol–water partition coefficient (Wildman–Crippen LogP) is 2.16. The number of aliphatic hydroxyl groups is 1. The molecular weight excluding hydrogens is 247 g/mol. The second kappa shape index (κ2) is 6.10. The lowest BCUT2D eigenvalue weighted by Crippen LogP contribution is -2.29. The lowest BCUT2D eigenvalue weighted by molar-refractivity contribution is 0.298. The van der Waals surface area contributed by atoms with Crippen molar-refractivity contribution >= 4 is 11.4 Å². The summed E-state index contributed by atoms with van der Waals surface area (Å²) in [5.41, 5.74) is 7.04. The molecule has 0 saturated heterocycles. The van der Waals surface area contributed by atoms with Crippen LogP contribution in [0, 0.1) is 5.82 Å². The van der Waals surface area contributed by atoms with Crippen molar-refractivity contribution in [3.05, 3.63) is 17.9 Å². The summed E-state index contributed by atoms with van der Waals surface area (Å²) in [6, 6.07) is 3.35. The Morgan fingerprint density at radius 3 is 2.79 bits per heavy atom. The van der Waals surface area contributed by atoms with E-state index in [0.717, 1.165) is 24.9 Å². The Hall–Kier alpha value is -1.49. The van der Waals surface area contributed by atoms with Crippen LogP contribution in [0.25, 0.3) is 0 Å². The van der Waals surface area contributed by atoms with E-state index >= 15 is 0 Å². The Labute approximate surface area is 113 Å². The average Bonchev–Trinajstić information content (AvgIpc) is 3.20. The predicted molar refractivity (Wildman–Crippen MR) is 74.1 cm³/mol. The first kappa shape index (κ1) is 13.9.